The summed E-state index contributed by atoms with van der Waals surface area (Å²) in [6.45, 7) is 4.36. The van der Waals surface area contributed by atoms with Gasteiger partial charge in [0, 0.05) is 13.5 Å². The molecule has 2 heteroatoms. The van der Waals surface area contributed by atoms with E-state index in [0.717, 1.165) is 0 Å². The summed E-state index contributed by atoms with van der Waals surface area (Å²) in [4.78, 5) is 10.9. The molecule has 0 aliphatic heterocycles. The third-order valence-corrected chi connectivity index (χ3v) is 3.00. The number of carbonyl (C=O) groups is 1. The zero-order valence-electron chi connectivity index (χ0n) is 10.2. The average Bonchev–Trinajstić information content (AvgIpc) is 2.35. The van der Waals surface area contributed by atoms with Gasteiger partial charge in [-0.2, -0.15) is 0 Å². The summed E-state index contributed by atoms with van der Waals surface area (Å²) in [6, 6.07) is 14.8. The van der Waals surface area contributed by atoms with E-state index in [0.29, 0.717) is 12.5 Å². The van der Waals surface area contributed by atoms with Gasteiger partial charge in [0.1, 0.15) is 0 Å². The molecule has 0 saturated carbocycles. The van der Waals surface area contributed by atoms with Crippen LogP contribution in [0.3, 0.4) is 0 Å². The number of rotatable bonds is 3. The minimum absolute atomic E-state index is 0.0256. The van der Waals surface area contributed by atoms with Crippen molar-refractivity contribution in [3.8, 4) is 0 Å². The van der Waals surface area contributed by atoms with Crippen LogP contribution >= 0.6 is 0 Å². The Kier molecular flexibility index (Phi) is 3.43. The van der Waals surface area contributed by atoms with Crippen LogP contribution in [0.5, 0.6) is 0 Å². The molecule has 0 saturated heterocycles. The molecule has 1 amide bonds. The monoisotopic (exact) mass is 227 g/mol. The molecule has 2 aromatic rings. The lowest BCUT2D eigenvalue weighted by atomic mass is 9.98. The first-order chi connectivity index (χ1) is 8.16. The van der Waals surface area contributed by atoms with Gasteiger partial charge in [0.25, 0.3) is 0 Å². The van der Waals surface area contributed by atoms with Crippen molar-refractivity contribution in [2.24, 2.45) is 0 Å². The van der Waals surface area contributed by atoms with Crippen LogP contribution in [0.25, 0.3) is 10.8 Å². The maximum absolute atomic E-state index is 10.9. The molecule has 1 atom stereocenters. The lowest BCUT2D eigenvalue weighted by Gasteiger charge is -2.13. The summed E-state index contributed by atoms with van der Waals surface area (Å²) in [5.41, 5.74) is 1.26. The second-order valence-electron chi connectivity index (χ2n) is 4.44. The normalized spacial score (nSPS) is 12.4. The van der Waals surface area contributed by atoms with Gasteiger partial charge in [-0.15, -0.1) is 0 Å². The number of nitrogens with one attached hydrogen (secondary N) is 1. The van der Waals surface area contributed by atoms with Crippen molar-refractivity contribution in [1.82, 2.24) is 5.32 Å². The average molecular weight is 227 g/mol. The van der Waals surface area contributed by atoms with E-state index in [1.807, 2.05) is 12.1 Å². The predicted molar refractivity (Wildman–Crippen MR) is 71.0 cm³/mol. The summed E-state index contributed by atoms with van der Waals surface area (Å²) < 4.78 is 0. The van der Waals surface area contributed by atoms with E-state index in [1.165, 1.54) is 16.3 Å². The summed E-state index contributed by atoms with van der Waals surface area (Å²) >= 11 is 0. The third-order valence-electron chi connectivity index (χ3n) is 3.00. The van der Waals surface area contributed by atoms with Crippen molar-refractivity contribution >= 4 is 16.7 Å². The fraction of sp³-hybridized carbons (Fsp3) is 0.267. The molecule has 88 valence electrons. The number of amides is 1. The molecule has 0 unspecified atom stereocenters. The Balaban J connectivity index is 2.20. The molecule has 0 bridgehead atoms. The van der Waals surface area contributed by atoms with Crippen molar-refractivity contribution in [1.29, 1.82) is 0 Å². The molecule has 0 radical (unpaired) electrons. The fourth-order valence-corrected chi connectivity index (χ4v) is 1.93. The van der Waals surface area contributed by atoms with E-state index in [9.17, 15) is 4.79 Å². The zero-order chi connectivity index (χ0) is 12.3. The van der Waals surface area contributed by atoms with E-state index in [4.69, 9.17) is 0 Å². The van der Waals surface area contributed by atoms with Gasteiger partial charge in [-0.25, -0.2) is 0 Å². The smallest absolute Gasteiger partial charge is 0.216 e. The van der Waals surface area contributed by atoms with Crippen molar-refractivity contribution in [2.45, 2.75) is 19.8 Å². The quantitative estimate of drug-likeness (QED) is 0.857. The zero-order valence-corrected chi connectivity index (χ0v) is 10.2. The second kappa shape index (κ2) is 5.00. The van der Waals surface area contributed by atoms with Gasteiger partial charge in [0.15, 0.2) is 0 Å². The Morgan fingerprint density at radius 2 is 1.88 bits per heavy atom. The topological polar surface area (TPSA) is 29.1 Å². The molecule has 2 nitrogen and oxygen atoms in total. The van der Waals surface area contributed by atoms with Gasteiger partial charge >= 0.3 is 0 Å². The lowest BCUT2D eigenvalue weighted by Crippen LogP contribution is -2.24. The molecule has 0 aromatic heterocycles. The van der Waals surface area contributed by atoms with Gasteiger partial charge in [0.05, 0.1) is 0 Å². The summed E-state index contributed by atoms with van der Waals surface area (Å²) in [5.74, 6) is 0.362. The van der Waals surface area contributed by atoms with Crippen LogP contribution in [0.15, 0.2) is 42.5 Å². The first kappa shape index (κ1) is 11.6. The highest BCUT2D eigenvalue weighted by Gasteiger charge is 2.06. The van der Waals surface area contributed by atoms with Crippen LogP contribution in [-0.2, 0) is 4.79 Å². The number of fused-ring (bicyclic) bond motifs is 1. The van der Waals surface area contributed by atoms with Crippen molar-refractivity contribution in [2.75, 3.05) is 6.54 Å². The van der Waals surface area contributed by atoms with Gasteiger partial charge in [0.2, 0.25) is 5.91 Å². The van der Waals surface area contributed by atoms with Gasteiger partial charge in [-0.1, -0.05) is 49.4 Å². The molecule has 1 N–H and O–H groups in total. The predicted octanol–water partition coefficient (Wildman–Crippen LogP) is 3.08. The van der Waals surface area contributed by atoms with Crippen molar-refractivity contribution < 1.29 is 4.79 Å². The van der Waals surface area contributed by atoms with Crippen molar-refractivity contribution in [3.05, 3.63) is 48.0 Å². The maximum atomic E-state index is 10.9. The maximum Gasteiger partial charge on any atom is 0.216 e. The molecule has 2 rings (SSSR count). The summed E-state index contributed by atoms with van der Waals surface area (Å²) in [5, 5.41) is 5.36. The van der Waals surface area contributed by atoms with Crippen LogP contribution in [-0.4, -0.2) is 12.5 Å². The number of benzene rings is 2. The van der Waals surface area contributed by atoms with Gasteiger partial charge in [-0.05, 0) is 22.3 Å². The first-order valence-electron chi connectivity index (χ1n) is 5.90. The largest absolute Gasteiger partial charge is 0.356 e. The molecular formula is C15H17NO. The van der Waals surface area contributed by atoms with Crippen LogP contribution < -0.4 is 5.32 Å². The van der Waals surface area contributed by atoms with E-state index in [2.05, 4.69) is 42.6 Å². The second-order valence-corrected chi connectivity index (χ2v) is 4.44. The van der Waals surface area contributed by atoms with Gasteiger partial charge in [-0.3, -0.25) is 4.79 Å². The Morgan fingerprint density at radius 1 is 1.18 bits per heavy atom. The highest BCUT2D eigenvalue weighted by molar-refractivity contribution is 5.83. The molecule has 0 aliphatic rings. The van der Waals surface area contributed by atoms with Crippen LogP contribution in [0.1, 0.15) is 25.3 Å². The molecule has 0 fully saturated rings. The number of hydrogen-bond acceptors (Lipinski definition) is 1. The van der Waals surface area contributed by atoms with E-state index in [-0.39, 0.29) is 5.91 Å². The standard InChI is InChI=1S/C15H17NO/c1-11(10-16-12(2)17)14-8-7-13-5-3-4-6-15(13)9-14/h3-9,11H,10H2,1-2H3,(H,16,17)/t11-/m0/s1. The molecule has 0 spiro atoms. The Labute approximate surface area is 102 Å². The number of hydrogen-bond donors (Lipinski definition) is 1. The minimum atomic E-state index is 0.0256. The Bertz CT molecular complexity index is 533. The number of carbonyl (C=O) groups excluding carboxylic acids is 1. The van der Waals surface area contributed by atoms with Crippen LogP contribution in [0, 0.1) is 0 Å². The molecule has 0 aliphatic carbocycles. The minimum Gasteiger partial charge on any atom is -0.356 e. The van der Waals surface area contributed by atoms with E-state index < -0.39 is 0 Å². The van der Waals surface area contributed by atoms with Gasteiger partial charge < -0.3 is 5.32 Å². The lowest BCUT2D eigenvalue weighted by molar-refractivity contribution is -0.119. The fourth-order valence-electron chi connectivity index (χ4n) is 1.93. The SMILES string of the molecule is CC(=O)NC[C@H](C)c1ccc2ccccc2c1. The highest BCUT2D eigenvalue weighted by Crippen LogP contribution is 2.21. The third kappa shape index (κ3) is 2.84. The molecule has 0 heterocycles. The Morgan fingerprint density at radius 3 is 2.59 bits per heavy atom. The summed E-state index contributed by atoms with van der Waals surface area (Å²) in [7, 11) is 0. The van der Waals surface area contributed by atoms with Crippen LogP contribution in [0.2, 0.25) is 0 Å². The molecular weight excluding hydrogens is 210 g/mol. The first-order valence-corrected chi connectivity index (χ1v) is 5.90. The van der Waals surface area contributed by atoms with Crippen molar-refractivity contribution in [3.63, 3.8) is 0 Å². The molecule has 2 aromatic carbocycles. The highest BCUT2D eigenvalue weighted by atomic mass is 16.1. The van der Waals surface area contributed by atoms with E-state index in [1.54, 1.807) is 6.92 Å². The molecule has 17 heavy (non-hydrogen) atoms. The van der Waals surface area contributed by atoms with E-state index >= 15 is 0 Å². The summed E-state index contributed by atoms with van der Waals surface area (Å²) in [6.07, 6.45) is 0. The Hall–Kier alpha value is -1.83. The van der Waals surface area contributed by atoms with Crippen LogP contribution in [0.4, 0.5) is 0 Å².